The van der Waals surface area contributed by atoms with Crippen LogP contribution < -0.4 is 5.32 Å². The summed E-state index contributed by atoms with van der Waals surface area (Å²) in [7, 11) is 0. The Hall–Kier alpha value is -3.21. The molecule has 1 aliphatic rings. The summed E-state index contributed by atoms with van der Waals surface area (Å²) in [6.07, 6.45) is 1.52. The summed E-state index contributed by atoms with van der Waals surface area (Å²) >= 11 is 0. The third kappa shape index (κ3) is 1.08. The van der Waals surface area contributed by atoms with E-state index in [4.69, 9.17) is 26.3 Å². The van der Waals surface area contributed by atoms with Crippen molar-refractivity contribution >= 4 is 0 Å². The van der Waals surface area contributed by atoms with Gasteiger partial charge in [0.15, 0.2) is 17.6 Å². The molecule has 0 fully saturated rings. The second-order valence-electron chi connectivity index (χ2n) is 2.44. The summed E-state index contributed by atoms with van der Waals surface area (Å²) in [4.78, 5) is 0.575. The topological polar surface area (TPSA) is 134 Å². The molecule has 0 saturated heterocycles. The van der Waals surface area contributed by atoms with Crippen LogP contribution in [0.2, 0.25) is 0 Å². The monoisotopic (exact) mass is 195 g/mol. The molecule has 0 radical (unpaired) electrons. The predicted octanol–water partition coefficient (Wildman–Crippen LogP) is -0.625. The first-order valence-corrected chi connectivity index (χ1v) is 3.54. The van der Waals surface area contributed by atoms with Crippen molar-refractivity contribution in [3.63, 3.8) is 0 Å². The first-order valence-electron chi connectivity index (χ1n) is 3.54. The summed E-state index contributed by atoms with van der Waals surface area (Å²) in [6.45, 7) is 0. The quantitative estimate of drug-likeness (QED) is 0.508. The molecule has 15 heavy (non-hydrogen) atoms. The van der Waals surface area contributed by atoms with Crippen LogP contribution in [0.4, 0.5) is 0 Å². The van der Waals surface area contributed by atoms with Crippen molar-refractivity contribution in [2.24, 2.45) is 0 Å². The Balaban J connectivity index is 3.41. The van der Waals surface area contributed by atoms with E-state index < -0.39 is 5.66 Å². The average Bonchev–Trinajstić information content (AvgIpc) is 2.62. The van der Waals surface area contributed by atoms with Crippen LogP contribution in [-0.4, -0.2) is 10.6 Å². The zero-order valence-electron chi connectivity index (χ0n) is 7.18. The largest absolute Gasteiger partial charge is 0.327 e. The maximum atomic E-state index is 8.77. The van der Waals surface area contributed by atoms with Crippen molar-refractivity contribution in [3.05, 3.63) is 11.4 Å². The Labute approximate surface area is 84.9 Å². The zero-order valence-corrected chi connectivity index (χ0v) is 7.18. The fourth-order valence-corrected chi connectivity index (χ4v) is 1.07. The average molecular weight is 195 g/mol. The van der Waals surface area contributed by atoms with E-state index in [1.54, 1.807) is 24.3 Å². The molecule has 7 nitrogen and oxygen atoms in total. The van der Waals surface area contributed by atoms with Crippen molar-refractivity contribution in [3.8, 4) is 30.5 Å². The van der Waals surface area contributed by atoms with Gasteiger partial charge >= 0.3 is 5.66 Å². The molecular weight excluding hydrogens is 194 g/mol. The van der Waals surface area contributed by atoms with E-state index in [-0.39, 0.29) is 11.4 Å². The van der Waals surface area contributed by atoms with E-state index in [0.29, 0.717) is 4.90 Å². The van der Waals surface area contributed by atoms with Gasteiger partial charge < -0.3 is 5.32 Å². The summed E-state index contributed by atoms with van der Waals surface area (Å²) in [5.74, 6) is 0. The minimum atomic E-state index is -2.00. The van der Waals surface area contributed by atoms with Gasteiger partial charge in [0.1, 0.15) is 24.3 Å². The molecule has 0 amide bonds. The van der Waals surface area contributed by atoms with E-state index in [0.717, 1.165) is 0 Å². The molecule has 0 bridgehead atoms. The minimum Gasteiger partial charge on any atom is -0.327 e. The Bertz CT molecular complexity index is 522. The molecule has 0 aromatic carbocycles. The standard InChI is InChI=1S/C8HN7/c9-1-6-7(2-10)15(5-13)8(3-11,4-12)14-6/h14H. The van der Waals surface area contributed by atoms with Gasteiger partial charge in [-0.15, -0.1) is 0 Å². The molecular formula is C8HN7. The van der Waals surface area contributed by atoms with Crippen LogP contribution in [0, 0.1) is 56.8 Å². The molecule has 68 valence electrons. The lowest BCUT2D eigenvalue weighted by Crippen LogP contribution is -2.48. The smallest absolute Gasteiger partial charge is 0.303 e. The van der Waals surface area contributed by atoms with Gasteiger partial charge in [-0.05, 0) is 0 Å². The SMILES string of the molecule is N#CC1=C(C#N)N(C#N)C(C#N)(C#N)N1. The molecule has 1 aliphatic heterocycles. The van der Waals surface area contributed by atoms with Crippen molar-refractivity contribution in [1.29, 1.82) is 26.3 Å². The van der Waals surface area contributed by atoms with Gasteiger partial charge in [-0.2, -0.15) is 26.3 Å². The highest BCUT2D eigenvalue weighted by Crippen LogP contribution is 2.26. The van der Waals surface area contributed by atoms with Crippen molar-refractivity contribution < 1.29 is 0 Å². The molecule has 0 unspecified atom stereocenters. The van der Waals surface area contributed by atoms with Crippen LogP contribution in [0.15, 0.2) is 11.4 Å². The molecule has 1 N–H and O–H groups in total. The normalized spacial score (nSPS) is 16.3. The van der Waals surface area contributed by atoms with Crippen molar-refractivity contribution in [2.75, 3.05) is 0 Å². The molecule has 7 heteroatoms. The van der Waals surface area contributed by atoms with E-state index in [2.05, 4.69) is 5.32 Å². The highest BCUT2D eigenvalue weighted by Gasteiger charge is 2.47. The summed E-state index contributed by atoms with van der Waals surface area (Å²) in [5.41, 5.74) is -2.59. The molecule has 0 saturated carbocycles. The highest BCUT2D eigenvalue weighted by molar-refractivity contribution is 5.48. The number of nitriles is 5. The zero-order chi connectivity index (χ0) is 11.5. The number of allylic oxidation sites excluding steroid dienone is 2. The first-order chi connectivity index (χ1) is 7.18. The predicted molar refractivity (Wildman–Crippen MR) is 42.8 cm³/mol. The van der Waals surface area contributed by atoms with Crippen molar-refractivity contribution in [2.45, 2.75) is 5.66 Å². The van der Waals surface area contributed by atoms with Crippen LogP contribution in [0.25, 0.3) is 0 Å². The second-order valence-corrected chi connectivity index (χ2v) is 2.44. The molecule has 1 heterocycles. The Morgan fingerprint density at radius 2 is 1.60 bits per heavy atom. The lowest BCUT2D eigenvalue weighted by atomic mass is 10.2. The molecule has 0 aromatic heterocycles. The summed E-state index contributed by atoms with van der Waals surface area (Å²) in [6, 6.07) is 6.28. The fraction of sp³-hybridized carbons (Fsp3) is 0.125. The number of hydrogen-bond donors (Lipinski definition) is 1. The number of nitrogens with zero attached hydrogens (tertiary/aromatic N) is 6. The third-order valence-electron chi connectivity index (χ3n) is 1.74. The number of nitrogens with one attached hydrogen (secondary N) is 1. The molecule has 1 rings (SSSR count). The molecule has 0 aromatic rings. The van der Waals surface area contributed by atoms with Crippen LogP contribution in [0.1, 0.15) is 0 Å². The maximum absolute atomic E-state index is 8.77. The van der Waals surface area contributed by atoms with Gasteiger partial charge in [0.2, 0.25) is 0 Å². The maximum Gasteiger partial charge on any atom is 0.303 e. The van der Waals surface area contributed by atoms with Gasteiger partial charge in [0.25, 0.3) is 0 Å². The summed E-state index contributed by atoms with van der Waals surface area (Å²) in [5, 5.41) is 45.8. The van der Waals surface area contributed by atoms with E-state index in [1.807, 2.05) is 0 Å². The molecule has 0 spiro atoms. The minimum absolute atomic E-state index is 0.262. The van der Waals surface area contributed by atoms with E-state index in [1.165, 1.54) is 6.19 Å². The van der Waals surface area contributed by atoms with Gasteiger partial charge in [0.05, 0.1) is 0 Å². The van der Waals surface area contributed by atoms with E-state index >= 15 is 0 Å². The molecule has 0 atom stereocenters. The first kappa shape index (κ1) is 9.87. The highest BCUT2D eigenvalue weighted by atomic mass is 15.4. The Morgan fingerprint density at radius 1 is 1.00 bits per heavy atom. The van der Waals surface area contributed by atoms with Crippen molar-refractivity contribution in [1.82, 2.24) is 10.2 Å². The molecule has 0 aliphatic carbocycles. The summed E-state index contributed by atoms with van der Waals surface area (Å²) < 4.78 is 0. The van der Waals surface area contributed by atoms with Gasteiger partial charge in [-0.3, -0.25) is 0 Å². The van der Waals surface area contributed by atoms with Crippen LogP contribution >= 0.6 is 0 Å². The van der Waals surface area contributed by atoms with Gasteiger partial charge in [-0.25, -0.2) is 4.90 Å². The second kappa shape index (κ2) is 3.27. The number of hydrogen-bond acceptors (Lipinski definition) is 7. The Morgan fingerprint density at radius 3 is 1.93 bits per heavy atom. The van der Waals surface area contributed by atoms with Gasteiger partial charge in [0, 0.05) is 0 Å². The fourth-order valence-electron chi connectivity index (χ4n) is 1.07. The Kier molecular flexibility index (Phi) is 2.15. The van der Waals surface area contributed by atoms with Crippen LogP contribution in [0.3, 0.4) is 0 Å². The lowest BCUT2D eigenvalue weighted by Gasteiger charge is -2.19. The lowest BCUT2D eigenvalue weighted by molar-refractivity contribution is 0.351. The van der Waals surface area contributed by atoms with Crippen LogP contribution in [0.5, 0.6) is 0 Å². The van der Waals surface area contributed by atoms with Gasteiger partial charge in [-0.1, -0.05) is 0 Å². The van der Waals surface area contributed by atoms with Crippen LogP contribution in [-0.2, 0) is 0 Å². The third-order valence-corrected chi connectivity index (χ3v) is 1.74. The van der Waals surface area contributed by atoms with E-state index in [9.17, 15) is 0 Å². The number of rotatable bonds is 0.